The SMILES string of the molecule is [2H]C([2H])([2H])c1ccccc1-c1ccc[n+](C)c1-c1c(C)ccc2c1oc1nc(C)ccc12.[2H]C([2H])(c1ccc[n+](C)c1-c1c(C)ccc2c1oc1ncccc12)C1CCCC1.[2H]C([2H])(c1ccc[n+](C)c1-c1c(C)ccc2c1oc1ncccc12)C1CCCCC1.[2H]C1(c2ccc[n+](C)c2-c2c(C)ccc3c2oc2ncccc23)CCCC1.[2H]C1(c2ccc[n+](C)c2-c2c(C)ccc3c2oc2ncccc23)CCCCC1. The minimum Gasteiger partial charge on any atom is -0.437 e. The lowest BCUT2D eigenvalue weighted by Gasteiger charge is -2.23. The zero-order valence-corrected chi connectivity index (χ0v) is 80.2. The summed E-state index contributed by atoms with van der Waals surface area (Å²) in [6.45, 7) is 10.2. The number of furan rings is 5. The van der Waals surface area contributed by atoms with Gasteiger partial charge in [0, 0.05) is 149 Å². The largest absolute Gasteiger partial charge is 0.437 e. The topological polar surface area (TPSA) is 150 Å². The van der Waals surface area contributed by atoms with E-state index in [9.17, 15) is 1.37 Å². The molecule has 0 atom stereocenters. The van der Waals surface area contributed by atoms with Crippen LogP contribution in [0, 0.1) is 60.2 Å². The van der Waals surface area contributed by atoms with Crippen molar-refractivity contribution in [3.63, 3.8) is 0 Å². The van der Waals surface area contributed by atoms with Crippen molar-refractivity contribution in [1.82, 2.24) is 24.9 Å². The summed E-state index contributed by atoms with van der Waals surface area (Å²) in [5, 5.41) is 10.2. The first kappa shape index (κ1) is 79.1. The molecule has 15 nitrogen and oxygen atoms in total. The van der Waals surface area contributed by atoms with Crippen molar-refractivity contribution < 1.29 is 57.3 Å². The number of pyridine rings is 10. The van der Waals surface area contributed by atoms with Gasteiger partial charge in [-0.05, 0) is 240 Å². The number of aryl methyl sites for hydroxylation is 12. The van der Waals surface area contributed by atoms with Crippen LogP contribution >= 0.6 is 0 Å². The summed E-state index contributed by atoms with van der Waals surface area (Å²) in [6, 6.07) is 68.3. The molecule has 15 heterocycles. The van der Waals surface area contributed by atoms with E-state index in [-0.39, 0.29) is 11.8 Å². The quantitative estimate of drug-likeness (QED) is 0.108. The molecule has 6 aromatic carbocycles. The molecular weight excluding hydrogens is 1690 g/mol. The van der Waals surface area contributed by atoms with Crippen molar-refractivity contribution >= 4 is 110 Å². The number of benzene rings is 6. The van der Waals surface area contributed by atoms with Crippen molar-refractivity contribution in [3.05, 3.63) is 323 Å². The molecule has 0 bridgehead atoms. The van der Waals surface area contributed by atoms with Crippen LogP contribution < -0.4 is 22.8 Å². The van der Waals surface area contributed by atoms with E-state index >= 15 is 0 Å². The number of nitrogens with zero attached hydrogens (tertiary/aromatic N) is 10. The third-order valence-corrected chi connectivity index (χ3v) is 28.8. The maximum absolute atomic E-state index is 9.28. The van der Waals surface area contributed by atoms with Crippen molar-refractivity contribution in [2.24, 2.45) is 47.1 Å². The molecule has 4 aliphatic rings. The number of aromatic nitrogens is 10. The third kappa shape index (κ3) is 17.2. The van der Waals surface area contributed by atoms with E-state index in [4.69, 9.17) is 33.1 Å². The monoisotopic (exact) mass is 1820 g/mol. The number of hydrogen-bond donors (Lipinski definition) is 0. The second-order valence-corrected chi connectivity index (χ2v) is 37.9. The Morgan fingerprint density at radius 3 is 0.978 bits per heavy atom. The van der Waals surface area contributed by atoms with Gasteiger partial charge >= 0.3 is 0 Å². The average molecular weight is 1820 g/mol. The Balaban J connectivity index is 0.000000107. The van der Waals surface area contributed by atoms with Gasteiger partial charge in [0.15, 0.2) is 58.9 Å². The maximum Gasteiger partial charge on any atom is 0.227 e. The fourth-order valence-electron chi connectivity index (χ4n) is 21.9. The van der Waals surface area contributed by atoms with Crippen LogP contribution in [0.2, 0.25) is 0 Å². The predicted octanol–water partition coefficient (Wildman–Crippen LogP) is 28.7. The molecule has 0 saturated heterocycles. The summed E-state index contributed by atoms with van der Waals surface area (Å²) in [7, 11) is 10.1. The summed E-state index contributed by atoms with van der Waals surface area (Å²) in [5.74, 6) is -0.955. The fraction of sp³-hybridized carbons (Fsp3) is 0.295. The highest BCUT2D eigenvalue weighted by molar-refractivity contribution is 6.13. The molecule has 25 rings (SSSR count). The Morgan fingerprint density at radius 1 is 0.285 bits per heavy atom. The summed E-state index contributed by atoms with van der Waals surface area (Å²) in [4.78, 5) is 22.2. The van der Waals surface area contributed by atoms with Gasteiger partial charge in [-0.2, -0.15) is 0 Å². The van der Waals surface area contributed by atoms with Gasteiger partial charge in [0.05, 0.1) is 33.4 Å². The molecular formula is C122H123N10O5+5. The molecule has 686 valence electrons. The Bertz CT molecular complexity index is 8620. The Morgan fingerprint density at radius 2 is 0.584 bits per heavy atom. The lowest BCUT2D eigenvalue weighted by molar-refractivity contribution is -0.660. The molecule has 0 radical (unpaired) electrons. The van der Waals surface area contributed by atoms with Gasteiger partial charge in [-0.1, -0.05) is 175 Å². The second-order valence-electron chi connectivity index (χ2n) is 37.9. The van der Waals surface area contributed by atoms with Gasteiger partial charge in [-0.3, -0.25) is 0 Å². The van der Waals surface area contributed by atoms with Crippen molar-refractivity contribution in [2.45, 2.75) is 189 Å². The molecule has 0 N–H and O–H groups in total. The molecule has 15 aromatic heterocycles. The van der Waals surface area contributed by atoms with Gasteiger partial charge < -0.3 is 22.1 Å². The zero-order chi connectivity index (χ0) is 102. The van der Waals surface area contributed by atoms with E-state index in [1.54, 1.807) is 36.9 Å². The smallest absolute Gasteiger partial charge is 0.227 e. The highest BCUT2D eigenvalue weighted by atomic mass is 16.4. The first-order chi connectivity index (χ1) is 70.4. The Kier molecular flexibility index (Phi) is 22.2. The van der Waals surface area contributed by atoms with Gasteiger partial charge in [-0.15, -0.1) is 0 Å². The molecule has 4 aliphatic carbocycles. The second kappa shape index (κ2) is 38.5. The van der Waals surface area contributed by atoms with Crippen LogP contribution in [0.4, 0.5) is 0 Å². The predicted molar refractivity (Wildman–Crippen MR) is 552 cm³/mol. The van der Waals surface area contributed by atoms with Crippen LogP contribution in [0.1, 0.15) is 201 Å². The summed E-state index contributed by atoms with van der Waals surface area (Å²) in [5.41, 5.74) is 29.2. The third-order valence-electron chi connectivity index (χ3n) is 28.8. The zero-order valence-electron chi connectivity index (χ0n) is 89.2. The Labute approximate surface area is 814 Å². The van der Waals surface area contributed by atoms with E-state index < -0.39 is 31.4 Å². The molecule has 0 unspecified atom stereocenters. The van der Waals surface area contributed by atoms with Gasteiger partial charge in [0.1, 0.15) is 35.2 Å². The van der Waals surface area contributed by atoms with Gasteiger partial charge in [0.2, 0.25) is 57.0 Å². The maximum atomic E-state index is 9.28. The minimum absolute atomic E-state index is 0.0456. The van der Waals surface area contributed by atoms with Gasteiger partial charge in [-0.25, -0.2) is 47.8 Å². The van der Waals surface area contributed by atoms with Crippen LogP contribution in [0.15, 0.2) is 284 Å². The molecule has 4 saturated carbocycles. The summed E-state index contributed by atoms with van der Waals surface area (Å²) >= 11 is 0. The number of rotatable bonds is 12. The van der Waals surface area contributed by atoms with Crippen LogP contribution in [0.25, 0.3) is 178 Å². The minimum atomic E-state index is -2.22. The molecule has 21 aromatic rings. The Hall–Kier alpha value is -14.2. The van der Waals surface area contributed by atoms with E-state index in [2.05, 4.69) is 185 Å². The molecule has 0 amide bonds. The van der Waals surface area contributed by atoms with Crippen molar-refractivity contribution in [2.75, 3.05) is 0 Å². The van der Waals surface area contributed by atoms with Crippen LogP contribution in [-0.2, 0) is 48.0 Å². The lowest BCUT2D eigenvalue weighted by atomic mass is 9.81. The normalized spacial score (nSPS) is 16.3. The molecule has 4 fully saturated rings. The van der Waals surface area contributed by atoms with Crippen LogP contribution in [0.5, 0.6) is 0 Å². The van der Waals surface area contributed by atoms with E-state index in [0.717, 1.165) is 302 Å². The van der Waals surface area contributed by atoms with Crippen LogP contribution in [-0.4, -0.2) is 24.9 Å². The first-order valence-corrected chi connectivity index (χ1v) is 48.8. The van der Waals surface area contributed by atoms with Crippen molar-refractivity contribution in [1.29, 1.82) is 0 Å². The molecule has 0 spiro atoms. The van der Waals surface area contributed by atoms with E-state index in [1.807, 2.05) is 164 Å². The first-order valence-electron chi connectivity index (χ1n) is 53.3. The standard InChI is InChI=1S/C26H23N2O.C25H27N2O.2C24H25N2O.C23H23N2O/c1-16-8-5-6-9-19(16)20-10-7-15-28(4)24(20)23-17(2)11-13-21-22-14-12-18(3)27-26(22)29-25(21)23;1-17-12-13-20-21-11-6-14-26-25(21)28-24(20)22(17)23-19(10-7-15-27(23)2)16-18-8-4-3-5-9-18;1-16-11-12-19-20-10-5-13-25-24(20)27-23(19)21(16)22-18(9-6-14-26(22)2)15-17-7-3-4-8-17;1-16-12-13-19-20-10-6-14-25-24(20)27-23(19)21(16)22-18(11-7-15-26(22)2)17-8-4-3-5-9-17;1-15-11-12-18-19-9-5-13-24-23(19)26-22(18)20(15)21-17(10-6-14-25(21)2)16-7-3-4-8-16/h5-15H,1-4H3;6-7,10-15,18H,3-5,8-9,16H2,1-2H3;5-6,9-14,17H,3-4,7-8,15H2,1-2H3;6-7,10-15,17H,3-5,8-9H2,1-2H3;5-6,9-14,16H,3-4,7-8H2,1-2H3/q5*+1/i1D3;16D2;15D2;17D;16D. The molecule has 0 aliphatic heterocycles. The summed E-state index contributed by atoms with van der Waals surface area (Å²) < 4.78 is 121. The number of hydrogen-bond acceptors (Lipinski definition) is 10. The van der Waals surface area contributed by atoms with Crippen LogP contribution in [0.3, 0.4) is 0 Å². The molecule has 137 heavy (non-hydrogen) atoms. The fourth-order valence-corrected chi connectivity index (χ4v) is 21.9. The highest BCUT2D eigenvalue weighted by Crippen LogP contribution is 2.48. The van der Waals surface area contributed by atoms with E-state index in [0.29, 0.717) is 39.7 Å². The summed E-state index contributed by atoms with van der Waals surface area (Å²) in [6.07, 6.45) is 33.2. The molecule has 15 heteroatoms. The van der Waals surface area contributed by atoms with E-state index in [1.165, 1.54) is 12.8 Å². The van der Waals surface area contributed by atoms with Crippen molar-refractivity contribution in [3.8, 4) is 67.4 Å². The van der Waals surface area contributed by atoms with Gasteiger partial charge in [0.25, 0.3) is 0 Å². The lowest BCUT2D eigenvalue weighted by Crippen LogP contribution is -2.32. The average Bonchev–Trinajstić information content (AvgIpc) is 1.57. The number of fused-ring (bicyclic) bond motifs is 15. The highest BCUT2D eigenvalue weighted by Gasteiger charge is 2.35.